The van der Waals surface area contributed by atoms with Gasteiger partial charge < -0.3 is 19.4 Å². The van der Waals surface area contributed by atoms with Crippen LogP contribution in [0.4, 0.5) is 0 Å². The predicted octanol–water partition coefficient (Wildman–Crippen LogP) is -1.13. The van der Waals surface area contributed by atoms with Gasteiger partial charge in [0, 0.05) is 0 Å². The molecule has 0 bridgehead atoms. The van der Waals surface area contributed by atoms with E-state index in [1.165, 1.54) is 32.1 Å². The van der Waals surface area contributed by atoms with E-state index in [9.17, 15) is 9.90 Å². The first-order chi connectivity index (χ1) is 8.58. The van der Waals surface area contributed by atoms with Gasteiger partial charge in [0.15, 0.2) is 6.29 Å². The first-order valence-electron chi connectivity index (χ1n) is 7.03. The van der Waals surface area contributed by atoms with Crippen molar-refractivity contribution < 1.29 is 48.9 Å². The smallest absolute Gasteiger partial charge is 0.549 e. The van der Waals surface area contributed by atoms with Crippen LogP contribution in [0.25, 0.3) is 0 Å². The summed E-state index contributed by atoms with van der Waals surface area (Å²) in [5.74, 6) is -1.10. The van der Waals surface area contributed by atoms with Crippen LogP contribution in [0.5, 0.6) is 0 Å². The molecule has 0 unspecified atom stereocenters. The van der Waals surface area contributed by atoms with Gasteiger partial charge in [0.05, 0.1) is 24.6 Å². The molecule has 0 aromatic carbocycles. The van der Waals surface area contributed by atoms with Crippen LogP contribution < -0.4 is 34.7 Å². The molecule has 0 aliphatic carbocycles. The van der Waals surface area contributed by atoms with Gasteiger partial charge in [-0.3, -0.25) is 0 Å². The molecular formula is C14H25NaO4. The molecule has 0 atom stereocenters. The van der Waals surface area contributed by atoms with Gasteiger partial charge in [-0.1, -0.05) is 39.0 Å². The number of carbonyl (C=O) groups is 1. The Morgan fingerprint density at radius 2 is 1.68 bits per heavy atom. The first kappa shape index (κ1) is 19.4. The molecule has 0 saturated carbocycles. The van der Waals surface area contributed by atoms with Crippen molar-refractivity contribution in [2.45, 2.75) is 65.1 Å². The third-order valence-electron chi connectivity index (χ3n) is 3.46. The first-order valence-corrected chi connectivity index (χ1v) is 7.03. The summed E-state index contributed by atoms with van der Waals surface area (Å²) in [6, 6.07) is 0. The molecule has 1 rings (SSSR count). The maximum atomic E-state index is 10.9. The van der Waals surface area contributed by atoms with Crippen molar-refractivity contribution in [2.24, 2.45) is 5.41 Å². The van der Waals surface area contributed by atoms with Crippen molar-refractivity contribution in [3.05, 3.63) is 0 Å². The van der Waals surface area contributed by atoms with Crippen LogP contribution in [-0.4, -0.2) is 25.5 Å². The number of hydrogen-bond donors (Lipinski definition) is 0. The standard InChI is InChI=1S/C14H26O4.Na/c1-3-4-5-6-7-8-9-12-17-10-14(2,11-18-12)13(15)16;/h12H,3-11H2,1-2H3,(H,15,16);/q;+1/p-1. The van der Waals surface area contributed by atoms with E-state index < -0.39 is 11.4 Å². The maximum absolute atomic E-state index is 10.9. The summed E-state index contributed by atoms with van der Waals surface area (Å²) >= 11 is 0. The van der Waals surface area contributed by atoms with Crippen molar-refractivity contribution in [1.29, 1.82) is 0 Å². The Hall–Kier alpha value is 0.390. The normalized spacial score (nSPS) is 26.7. The third-order valence-corrected chi connectivity index (χ3v) is 3.46. The third kappa shape index (κ3) is 7.09. The molecule has 0 N–H and O–H groups in total. The Balaban J connectivity index is 0.00000324. The van der Waals surface area contributed by atoms with E-state index in [1.54, 1.807) is 6.92 Å². The van der Waals surface area contributed by atoms with Gasteiger partial charge >= 0.3 is 29.6 Å². The Bertz CT molecular complexity index is 250. The molecular weight excluding hydrogens is 255 g/mol. The molecule has 1 fully saturated rings. The number of rotatable bonds is 8. The molecule has 19 heavy (non-hydrogen) atoms. The van der Waals surface area contributed by atoms with Gasteiger partial charge in [-0.25, -0.2) is 0 Å². The van der Waals surface area contributed by atoms with Gasteiger partial charge in [-0.05, 0) is 19.8 Å². The summed E-state index contributed by atoms with van der Waals surface area (Å²) in [6.07, 6.45) is 8.02. The number of carbonyl (C=O) groups excluding carboxylic acids is 1. The Morgan fingerprint density at radius 3 is 2.21 bits per heavy atom. The number of unbranched alkanes of at least 4 members (excludes halogenated alkanes) is 5. The molecule has 1 heterocycles. The number of aliphatic carboxylic acids is 1. The average molecular weight is 280 g/mol. The average Bonchev–Trinajstić information content (AvgIpc) is 2.36. The number of ether oxygens (including phenoxy) is 2. The maximum Gasteiger partial charge on any atom is 1.00 e. The van der Waals surface area contributed by atoms with Gasteiger partial charge in [0.2, 0.25) is 0 Å². The zero-order chi connectivity index (χ0) is 13.4. The van der Waals surface area contributed by atoms with Crippen LogP contribution in [-0.2, 0) is 14.3 Å². The van der Waals surface area contributed by atoms with Crippen LogP contribution >= 0.6 is 0 Å². The zero-order valence-electron chi connectivity index (χ0n) is 12.6. The molecule has 0 amide bonds. The molecule has 1 aliphatic heterocycles. The molecule has 106 valence electrons. The fourth-order valence-corrected chi connectivity index (χ4v) is 2.02. The fraction of sp³-hybridized carbons (Fsp3) is 0.929. The summed E-state index contributed by atoms with van der Waals surface area (Å²) < 4.78 is 10.9. The van der Waals surface area contributed by atoms with E-state index >= 15 is 0 Å². The van der Waals surface area contributed by atoms with Gasteiger partial charge in [-0.15, -0.1) is 0 Å². The number of carboxylic acids is 1. The van der Waals surface area contributed by atoms with E-state index in [0.717, 1.165) is 12.8 Å². The zero-order valence-corrected chi connectivity index (χ0v) is 14.6. The molecule has 0 spiro atoms. The predicted molar refractivity (Wildman–Crippen MR) is 66.8 cm³/mol. The molecule has 1 saturated heterocycles. The van der Waals surface area contributed by atoms with Crippen LogP contribution in [0.3, 0.4) is 0 Å². The Kier molecular flexibility index (Phi) is 10.4. The Morgan fingerprint density at radius 1 is 1.16 bits per heavy atom. The van der Waals surface area contributed by atoms with Gasteiger partial charge in [-0.2, -0.15) is 0 Å². The minimum absolute atomic E-state index is 0. The van der Waals surface area contributed by atoms with Gasteiger partial charge in [0.25, 0.3) is 0 Å². The molecule has 0 radical (unpaired) electrons. The molecule has 4 nitrogen and oxygen atoms in total. The van der Waals surface area contributed by atoms with Crippen molar-refractivity contribution >= 4 is 5.97 Å². The second-order valence-corrected chi connectivity index (χ2v) is 5.46. The topological polar surface area (TPSA) is 58.6 Å². The molecule has 0 aromatic heterocycles. The number of hydrogen-bond acceptors (Lipinski definition) is 4. The van der Waals surface area contributed by atoms with Crippen LogP contribution in [0.1, 0.15) is 58.8 Å². The summed E-state index contributed by atoms with van der Waals surface area (Å²) in [4.78, 5) is 10.9. The van der Waals surface area contributed by atoms with Crippen molar-refractivity contribution in [1.82, 2.24) is 0 Å². The molecule has 0 aromatic rings. The van der Waals surface area contributed by atoms with E-state index in [1.807, 2.05) is 0 Å². The van der Waals surface area contributed by atoms with Crippen LogP contribution in [0.2, 0.25) is 0 Å². The second kappa shape index (κ2) is 10.2. The van der Waals surface area contributed by atoms with Crippen molar-refractivity contribution in [2.75, 3.05) is 13.2 Å². The Labute approximate surface area is 138 Å². The van der Waals surface area contributed by atoms with Crippen LogP contribution in [0.15, 0.2) is 0 Å². The number of carboxylic acid groups (broad SMARTS) is 1. The minimum atomic E-state index is -1.10. The monoisotopic (exact) mass is 280 g/mol. The molecule has 1 aliphatic rings. The van der Waals surface area contributed by atoms with E-state index in [2.05, 4.69) is 6.92 Å². The summed E-state index contributed by atoms with van der Waals surface area (Å²) in [6.45, 7) is 4.19. The fourth-order valence-electron chi connectivity index (χ4n) is 2.02. The largest absolute Gasteiger partial charge is 1.00 e. The van der Waals surface area contributed by atoms with E-state index in [4.69, 9.17) is 9.47 Å². The minimum Gasteiger partial charge on any atom is -0.549 e. The summed E-state index contributed by atoms with van der Waals surface area (Å²) in [5, 5.41) is 10.9. The summed E-state index contributed by atoms with van der Waals surface area (Å²) in [5.41, 5.74) is -0.988. The summed E-state index contributed by atoms with van der Waals surface area (Å²) in [7, 11) is 0. The van der Waals surface area contributed by atoms with Crippen LogP contribution in [0, 0.1) is 5.41 Å². The SMILES string of the molecule is CCCCCCCCC1OCC(C)(C(=O)[O-])CO1.[Na+]. The second-order valence-electron chi connectivity index (χ2n) is 5.46. The van der Waals surface area contributed by atoms with Crippen molar-refractivity contribution in [3.63, 3.8) is 0 Å². The van der Waals surface area contributed by atoms with Crippen molar-refractivity contribution in [3.8, 4) is 0 Å². The van der Waals surface area contributed by atoms with E-state index in [0.29, 0.717) is 0 Å². The quantitative estimate of drug-likeness (QED) is 0.417. The van der Waals surface area contributed by atoms with E-state index in [-0.39, 0.29) is 49.1 Å². The molecule has 5 heteroatoms. The van der Waals surface area contributed by atoms with Gasteiger partial charge in [0.1, 0.15) is 0 Å².